The van der Waals surface area contributed by atoms with E-state index in [1.54, 1.807) is 13.8 Å². The Morgan fingerprint density at radius 3 is 2.69 bits per heavy atom. The summed E-state index contributed by atoms with van der Waals surface area (Å²) in [5.74, 6) is 0.381. The summed E-state index contributed by atoms with van der Waals surface area (Å²) in [6.45, 7) is 7.48. The fourth-order valence-electron chi connectivity index (χ4n) is 3.37. The molecule has 11 heteroatoms. The summed E-state index contributed by atoms with van der Waals surface area (Å²) in [5.41, 5.74) is 0.306. The van der Waals surface area contributed by atoms with Gasteiger partial charge in [-0.1, -0.05) is 24.2 Å². The number of sulfonamides is 1. The van der Waals surface area contributed by atoms with Crippen molar-refractivity contribution < 1.29 is 27.0 Å². The van der Waals surface area contributed by atoms with Crippen molar-refractivity contribution >= 4 is 16.0 Å². The molecule has 1 unspecified atom stereocenters. The van der Waals surface area contributed by atoms with Gasteiger partial charge in [-0.25, -0.2) is 8.42 Å². The molecule has 1 aliphatic heterocycles. The van der Waals surface area contributed by atoms with Crippen molar-refractivity contribution in [2.45, 2.75) is 58.5 Å². The Hall–Kier alpha value is -2.27. The van der Waals surface area contributed by atoms with Crippen LogP contribution in [0, 0.1) is 25.7 Å². The number of hydrogen-bond donors (Lipinski definition) is 0. The van der Waals surface area contributed by atoms with Gasteiger partial charge in [0.25, 0.3) is 5.89 Å². The maximum absolute atomic E-state index is 13.0. The molecule has 1 saturated heterocycles. The predicted molar refractivity (Wildman–Crippen MR) is 100 cm³/mol. The summed E-state index contributed by atoms with van der Waals surface area (Å²) < 4.78 is 42.6. The summed E-state index contributed by atoms with van der Waals surface area (Å²) in [5, 5.41) is 7.57. The number of aryl methyl sites for hydroxylation is 2. The van der Waals surface area contributed by atoms with E-state index in [0.29, 0.717) is 43.2 Å². The molecule has 0 bridgehead atoms. The summed E-state index contributed by atoms with van der Waals surface area (Å²) in [6.07, 6.45) is 1.78. The van der Waals surface area contributed by atoms with Crippen molar-refractivity contribution in [3.63, 3.8) is 0 Å². The summed E-state index contributed by atoms with van der Waals surface area (Å²) in [4.78, 5) is 16.7. The Bertz CT molecular complexity index is 945. The van der Waals surface area contributed by atoms with Crippen LogP contribution < -0.4 is 0 Å². The van der Waals surface area contributed by atoms with Gasteiger partial charge in [-0.05, 0) is 32.6 Å². The van der Waals surface area contributed by atoms with Crippen LogP contribution in [0.1, 0.15) is 49.9 Å². The van der Waals surface area contributed by atoms with Crippen molar-refractivity contribution in [2.24, 2.45) is 11.8 Å². The molecule has 0 N–H and O–H groups in total. The van der Waals surface area contributed by atoms with Crippen LogP contribution in [0.5, 0.6) is 0 Å². The van der Waals surface area contributed by atoms with Gasteiger partial charge in [0.2, 0.25) is 10.0 Å². The van der Waals surface area contributed by atoms with E-state index in [1.807, 2.05) is 13.8 Å². The monoisotopic (exact) mass is 426 g/mol. The molecule has 0 radical (unpaired) electrons. The molecule has 0 aromatic carbocycles. The first-order valence-corrected chi connectivity index (χ1v) is 11.0. The average molecular weight is 426 g/mol. The number of hydrogen-bond acceptors (Lipinski definition) is 9. The second-order valence-corrected chi connectivity index (χ2v) is 9.54. The third kappa shape index (κ3) is 4.84. The molecule has 3 heterocycles. The van der Waals surface area contributed by atoms with Crippen LogP contribution >= 0.6 is 0 Å². The molecule has 10 nitrogen and oxygen atoms in total. The zero-order valence-electron chi connectivity index (χ0n) is 17.0. The van der Waals surface area contributed by atoms with Crippen LogP contribution in [-0.2, 0) is 32.6 Å². The Balaban J connectivity index is 1.61. The van der Waals surface area contributed by atoms with E-state index in [9.17, 15) is 13.2 Å². The zero-order chi connectivity index (χ0) is 21.2. The molecular formula is C18H26N4O6S. The number of aromatic nitrogens is 3. The highest BCUT2D eigenvalue weighted by Crippen LogP contribution is 2.28. The summed E-state index contributed by atoms with van der Waals surface area (Å²) in [6, 6.07) is 0. The van der Waals surface area contributed by atoms with Crippen molar-refractivity contribution in [1.29, 1.82) is 0 Å². The molecule has 0 saturated carbocycles. The third-order valence-electron chi connectivity index (χ3n) is 4.72. The van der Waals surface area contributed by atoms with Gasteiger partial charge in [-0.3, -0.25) is 4.79 Å². The Morgan fingerprint density at radius 2 is 2.03 bits per heavy atom. The van der Waals surface area contributed by atoms with Gasteiger partial charge >= 0.3 is 5.97 Å². The first-order chi connectivity index (χ1) is 13.7. The fraction of sp³-hybridized carbons (Fsp3) is 0.667. The number of ether oxygens (including phenoxy) is 1. The SMILES string of the molecule is Cc1noc(C)c1S(=O)(=O)N1CCCC(C(=O)OCc2nc(CC(C)C)no2)C1. The first kappa shape index (κ1) is 21.4. The van der Waals surface area contributed by atoms with Crippen molar-refractivity contribution in [1.82, 2.24) is 19.6 Å². The summed E-state index contributed by atoms with van der Waals surface area (Å²) in [7, 11) is -3.79. The lowest BCUT2D eigenvalue weighted by Crippen LogP contribution is -2.43. The molecule has 0 amide bonds. The molecule has 1 fully saturated rings. The number of rotatable bonds is 7. The first-order valence-electron chi connectivity index (χ1n) is 9.59. The molecule has 2 aromatic rings. The Morgan fingerprint density at radius 1 is 1.28 bits per heavy atom. The number of piperidine rings is 1. The van der Waals surface area contributed by atoms with E-state index in [-0.39, 0.29) is 29.7 Å². The molecule has 0 aliphatic carbocycles. The number of carbonyl (C=O) groups is 1. The van der Waals surface area contributed by atoms with Crippen molar-refractivity contribution in [2.75, 3.05) is 13.1 Å². The second kappa shape index (κ2) is 8.62. The van der Waals surface area contributed by atoms with Crippen LogP contribution in [0.15, 0.2) is 13.9 Å². The second-order valence-electron chi connectivity index (χ2n) is 7.67. The van der Waals surface area contributed by atoms with Gasteiger partial charge in [0, 0.05) is 19.5 Å². The largest absolute Gasteiger partial charge is 0.455 e. The van der Waals surface area contributed by atoms with Crippen LogP contribution in [-0.4, -0.2) is 47.1 Å². The number of esters is 1. The maximum Gasteiger partial charge on any atom is 0.310 e. The fourth-order valence-corrected chi connectivity index (χ4v) is 5.19. The highest BCUT2D eigenvalue weighted by atomic mass is 32.2. The van der Waals surface area contributed by atoms with Crippen molar-refractivity contribution in [3.8, 4) is 0 Å². The highest BCUT2D eigenvalue weighted by Gasteiger charge is 2.37. The molecule has 29 heavy (non-hydrogen) atoms. The maximum atomic E-state index is 13.0. The van der Waals surface area contributed by atoms with Crippen LogP contribution in [0.2, 0.25) is 0 Å². The minimum atomic E-state index is -3.79. The third-order valence-corrected chi connectivity index (χ3v) is 6.83. The quantitative estimate of drug-likeness (QED) is 0.610. The highest BCUT2D eigenvalue weighted by molar-refractivity contribution is 7.89. The Kier molecular flexibility index (Phi) is 6.37. The lowest BCUT2D eigenvalue weighted by Gasteiger charge is -2.30. The minimum Gasteiger partial charge on any atom is -0.455 e. The van der Waals surface area contributed by atoms with E-state index in [4.69, 9.17) is 13.8 Å². The standard InChI is InChI=1S/C18H26N4O6S/c1-11(2)8-15-19-16(28-21-15)10-26-18(23)14-6-5-7-22(9-14)29(24,25)17-12(3)20-27-13(17)4/h11,14H,5-10H2,1-4H3. The van der Waals surface area contributed by atoms with Gasteiger partial charge in [0.05, 0.1) is 5.92 Å². The van der Waals surface area contributed by atoms with Crippen molar-refractivity contribution in [3.05, 3.63) is 23.2 Å². The van der Waals surface area contributed by atoms with E-state index in [0.717, 1.165) is 0 Å². The zero-order valence-corrected chi connectivity index (χ0v) is 17.9. The van der Waals surface area contributed by atoms with Crippen LogP contribution in [0.25, 0.3) is 0 Å². The van der Waals surface area contributed by atoms with Gasteiger partial charge in [-0.15, -0.1) is 0 Å². The van der Waals surface area contributed by atoms with Gasteiger partial charge in [-0.2, -0.15) is 9.29 Å². The molecule has 2 aromatic heterocycles. The van der Waals surface area contributed by atoms with E-state index in [1.165, 1.54) is 4.31 Å². The molecular weight excluding hydrogens is 400 g/mol. The minimum absolute atomic E-state index is 0.0493. The van der Waals surface area contributed by atoms with Gasteiger partial charge in [0.15, 0.2) is 18.2 Å². The Labute approximate surface area is 169 Å². The molecule has 160 valence electrons. The van der Waals surface area contributed by atoms with E-state index >= 15 is 0 Å². The smallest absolute Gasteiger partial charge is 0.310 e. The van der Waals surface area contributed by atoms with Crippen LogP contribution in [0.3, 0.4) is 0 Å². The number of nitrogens with zero attached hydrogens (tertiary/aromatic N) is 4. The predicted octanol–water partition coefficient (Wildman–Crippen LogP) is 2.02. The lowest BCUT2D eigenvalue weighted by atomic mass is 10.0. The topological polar surface area (TPSA) is 129 Å². The normalized spacial score (nSPS) is 18.3. The van der Waals surface area contributed by atoms with E-state index in [2.05, 4.69) is 15.3 Å². The van der Waals surface area contributed by atoms with Gasteiger partial charge < -0.3 is 13.8 Å². The molecule has 1 aliphatic rings. The van der Waals surface area contributed by atoms with E-state index < -0.39 is 21.9 Å². The lowest BCUT2D eigenvalue weighted by molar-refractivity contribution is -0.151. The van der Waals surface area contributed by atoms with Gasteiger partial charge in [0.1, 0.15) is 10.6 Å². The molecule has 3 rings (SSSR count). The van der Waals surface area contributed by atoms with Crippen LogP contribution in [0.4, 0.5) is 0 Å². The number of carbonyl (C=O) groups excluding carboxylic acids is 1. The molecule has 1 atom stereocenters. The average Bonchev–Trinajstić information content (AvgIpc) is 3.25. The summed E-state index contributed by atoms with van der Waals surface area (Å²) >= 11 is 0. The molecule has 0 spiro atoms.